The van der Waals surface area contributed by atoms with E-state index in [4.69, 9.17) is 10.8 Å². The molecule has 12 heavy (non-hydrogen) atoms. The largest absolute Gasteiger partial charge is 0.481 e. The molecular weight excluding hydrogens is 154 g/mol. The Morgan fingerprint density at radius 3 is 2.42 bits per heavy atom. The van der Waals surface area contributed by atoms with Crippen LogP contribution in [0.5, 0.6) is 0 Å². The zero-order chi connectivity index (χ0) is 9.56. The number of rotatable bonds is 6. The maximum absolute atomic E-state index is 10.4. The van der Waals surface area contributed by atoms with Gasteiger partial charge in [0.15, 0.2) is 0 Å². The van der Waals surface area contributed by atoms with Gasteiger partial charge in [-0.25, -0.2) is 0 Å². The molecular formula is C9H19NO2. The van der Waals surface area contributed by atoms with Crippen molar-refractivity contribution in [2.24, 2.45) is 17.6 Å². The summed E-state index contributed by atoms with van der Waals surface area (Å²) < 4.78 is 0. The smallest absolute Gasteiger partial charge is 0.306 e. The van der Waals surface area contributed by atoms with Gasteiger partial charge in [-0.3, -0.25) is 4.79 Å². The van der Waals surface area contributed by atoms with Crippen LogP contribution in [0.25, 0.3) is 0 Å². The lowest BCUT2D eigenvalue weighted by atomic mass is 9.99. The summed E-state index contributed by atoms with van der Waals surface area (Å²) in [5, 5.41) is 8.58. The molecule has 0 aromatic heterocycles. The summed E-state index contributed by atoms with van der Waals surface area (Å²) in [4.78, 5) is 10.4. The van der Waals surface area contributed by atoms with Gasteiger partial charge < -0.3 is 10.8 Å². The van der Waals surface area contributed by atoms with Crippen molar-refractivity contribution >= 4 is 5.97 Å². The maximum Gasteiger partial charge on any atom is 0.306 e. The first kappa shape index (κ1) is 11.4. The lowest BCUT2D eigenvalue weighted by Crippen LogP contribution is -2.13. The third-order valence-electron chi connectivity index (χ3n) is 2.16. The van der Waals surface area contributed by atoms with Gasteiger partial charge in [0.2, 0.25) is 0 Å². The molecule has 0 bridgehead atoms. The van der Waals surface area contributed by atoms with E-state index in [-0.39, 0.29) is 5.92 Å². The third kappa shape index (κ3) is 5.13. The standard InChI is InChI=1S/C9H19NO2/c1-7(6-10)4-3-5-8(2)9(11)12/h7-8H,3-6,10H2,1-2H3,(H,11,12). The Morgan fingerprint density at radius 2 is 2.00 bits per heavy atom. The summed E-state index contributed by atoms with van der Waals surface area (Å²) in [6, 6.07) is 0. The molecule has 0 radical (unpaired) electrons. The van der Waals surface area contributed by atoms with E-state index in [1.165, 1.54) is 0 Å². The van der Waals surface area contributed by atoms with Crippen molar-refractivity contribution in [2.75, 3.05) is 6.54 Å². The van der Waals surface area contributed by atoms with Crippen LogP contribution < -0.4 is 5.73 Å². The minimum Gasteiger partial charge on any atom is -0.481 e. The van der Waals surface area contributed by atoms with Crippen LogP contribution in [0.2, 0.25) is 0 Å². The minimum absolute atomic E-state index is 0.213. The summed E-state index contributed by atoms with van der Waals surface area (Å²) in [6.45, 7) is 4.53. The molecule has 0 fully saturated rings. The summed E-state index contributed by atoms with van der Waals surface area (Å²) in [6.07, 6.45) is 2.76. The van der Waals surface area contributed by atoms with Gasteiger partial charge in [0.05, 0.1) is 5.92 Å². The number of carbonyl (C=O) groups is 1. The SMILES string of the molecule is CC(CN)CCCC(C)C(=O)O. The Balaban J connectivity index is 3.37. The highest BCUT2D eigenvalue weighted by Crippen LogP contribution is 2.11. The van der Waals surface area contributed by atoms with Gasteiger partial charge in [0.1, 0.15) is 0 Å². The van der Waals surface area contributed by atoms with Crippen LogP contribution in [0.4, 0.5) is 0 Å². The molecule has 0 amide bonds. The molecule has 0 rings (SSSR count). The molecule has 0 spiro atoms. The highest BCUT2D eigenvalue weighted by Gasteiger charge is 2.10. The van der Waals surface area contributed by atoms with Gasteiger partial charge in [0, 0.05) is 0 Å². The van der Waals surface area contributed by atoms with Crippen LogP contribution in [0.3, 0.4) is 0 Å². The van der Waals surface area contributed by atoms with E-state index >= 15 is 0 Å². The number of hydrogen-bond donors (Lipinski definition) is 2. The number of carboxylic acids is 1. The van der Waals surface area contributed by atoms with Crippen LogP contribution in [0.15, 0.2) is 0 Å². The van der Waals surface area contributed by atoms with Gasteiger partial charge in [-0.2, -0.15) is 0 Å². The second kappa shape index (κ2) is 6.00. The van der Waals surface area contributed by atoms with Crippen molar-refractivity contribution in [3.05, 3.63) is 0 Å². The lowest BCUT2D eigenvalue weighted by Gasteiger charge is -2.09. The predicted octanol–water partition coefficient (Wildman–Crippen LogP) is 1.47. The molecule has 3 nitrogen and oxygen atoms in total. The Labute approximate surface area is 74.0 Å². The molecule has 72 valence electrons. The molecule has 0 aromatic rings. The van der Waals surface area contributed by atoms with E-state index in [0.29, 0.717) is 12.5 Å². The monoisotopic (exact) mass is 173 g/mol. The quantitative estimate of drug-likeness (QED) is 0.639. The van der Waals surface area contributed by atoms with Crippen molar-refractivity contribution < 1.29 is 9.90 Å². The van der Waals surface area contributed by atoms with E-state index < -0.39 is 5.97 Å². The molecule has 0 saturated carbocycles. The van der Waals surface area contributed by atoms with Gasteiger partial charge in [0.25, 0.3) is 0 Å². The highest BCUT2D eigenvalue weighted by molar-refractivity contribution is 5.69. The summed E-state index contributed by atoms with van der Waals surface area (Å²) in [7, 11) is 0. The molecule has 0 saturated heterocycles. The maximum atomic E-state index is 10.4. The Morgan fingerprint density at radius 1 is 1.42 bits per heavy atom. The second-order valence-electron chi connectivity index (χ2n) is 3.51. The molecule has 0 aromatic carbocycles. The Bertz CT molecular complexity index is 136. The van der Waals surface area contributed by atoms with E-state index in [1.807, 2.05) is 0 Å². The molecule has 3 N–H and O–H groups in total. The van der Waals surface area contributed by atoms with Crippen LogP contribution in [0, 0.1) is 11.8 Å². The Kier molecular flexibility index (Phi) is 5.72. The fourth-order valence-electron chi connectivity index (χ4n) is 1.01. The van der Waals surface area contributed by atoms with E-state index in [0.717, 1.165) is 19.3 Å². The number of nitrogens with two attached hydrogens (primary N) is 1. The molecule has 2 atom stereocenters. The average Bonchev–Trinajstić information content (AvgIpc) is 2.03. The molecule has 0 aliphatic carbocycles. The molecule has 0 aliphatic heterocycles. The fourth-order valence-corrected chi connectivity index (χ4v) is 1.01. The Hall–Kier alpha value is -0.570. The van der Waals surface area contributed by atoms with Crippen molar-refractivity contribution in [2.45, 2.75) is 33.1 Å². The van der Waals surface area contributed by atoms with E-state index in [2.05, 4.69) is 6.92 Å². The fraction of sp³-hybridized carbons (Fsp3) is 0.889. The van der Waals surface area contributed by atoms with Crippen molar-refractivity contribution in [1.29, 1.82) is 0 Å². The van der Waals surface area contributed by atoms with Gasteiger partial charge in [-0.1, -0.05) is 20.3 Å². The molecule has 0 heterocycles. The number of carboxylic acid groups (broad SMARTS) is 1. The summed E-state index contributed by atoms with van der Waals surface area (Å²) in [5.74, 6) is -0.392. The normalized spacial score (nSPS) is 15.6. The molecule has 2 unspecified atom stereocenters. The molecule has 3 heteroatoms. The van der Waals surface area contributed by atoms with Gasteiger partial charge in [-0.15, -0.1) is 0 Å². The third-order valence-corrected chi connectivity index (χ3v) is 2.16. The van der Waals surface area contributed by atoms with Crippen molar-refractivity contribution in [3.8, 4) is 0 Å². The second-order valence-corrected chi connectivity index (χ2v) is 3.51. The van der Waals surface area contributed by atoms with Crippen LogP contribution in [-0.2, 0) is 4.79 Å². The first-order valence-electron chi connectivity index (χ1n) is 4.50. The van der Waals surface area contributed by atoms with Crippen LogP contribution >= 0.6 is 0 Å². The van der Waals surface area contributed by atoms with E-state index in [9.17, 15) is 4.79 Å². The van der Waals surface area contributed by atoms with Gasteiger partial charge >= 0.3 is 5.97 Å². The van der Waals surface area contributed by atoms with E-state index in [1.54, 1.807) is 6.92 Å². The minimum atomic E-state index is -0.699. The lowest BCUT2D eigenvalue weighted by molar-refractivity contribution is -0.141. The van der Waals surface area contributed by atoms with Crippen molar-refractivity contribution in [1.82, 2.24) is 0 Å². The molecule has 0 aliphatic rings. The highest BCUT2D eigenvalue weighted by atomic mass is 16.4. The zero-order valence-electron chi connectivity index (χ0n) is 7.92. The summed E-state index contributed by atoms with van der Waals surface area (Å²) in [5.41, 5.74) is 5.43. The zero-order valence-corrected chi connectivity index (χ0v) is 7.92. The predicted molar refractivity (Wildman–Crippen MR) is 48.9 cm³/mol. The first-order valence-corrected chi connectivity index (χ1v) is 4.50. The van der Waals surface area contributed by atoms with Crippen molar-refractivity contribution in [3.63, 3.8) is 0 Å². The van der Waals surface area contributed by atoms with Crippen LogP contribution in [0.1, 0.15) is 33.1 Å². The first-order chi connectivity index (χ1) is 5.57. The topological polar surface area (TPSA) is 63.3 Å². The number of hydrogen-bond acceptors (Lipinski definition) is 2. The number of aliphatic carboxylic acids is 1. The summed E-state index contributed by atoms with van der Waals surface area (Å²) >= 11 is 0. The van der Waals surface area contributed by atoms with Crippen LogP contribution in [-0.4, -0.2) is 17.6 Å². The van der Waals surface area contributed by atoms with Gasteiger partial charge in [-0.05, 0) is 25.3 Å². The average molecular weight is 173 g/mol.